The Labute approximate surface area is 190 Å². The molecule has 0 saturated heterocycles. The van der Waals surface area contributed by atoms with Crippen molar-refractivity contribution in [1.29, 1.82) is 0 Å². The number of ether oxygens (including phenoxy) is 1. The first-order chi connectivity index (χ1) is 15.4. The summed E-state index contributed by atoms with van der Waals surface area (Å²) < 4.78 is 21.2. The Kier molecular flexibility index (Phi) is 6.37. The predicted molar refractivity (Wildman–Crippen MR) is 125 cm³/mol. The van der Waals surface area contributed by atoms with Crippen LogP contribution in [0.3, 0.4) is 0 Å². The second kappa shape index (κ2) is 9.36. The van der Waals surface area contributed by atoms with Crippen molar-refractivity contribution in [3.8, 4) is 5.75 Å². The highest BCUT2D eigenvalue weighted by Crippen LogP contribution is 2.24. The minimum Gasteiger partial charge on any atom is -0.486 e. The maximum Gasteiger partial charge on any atom is 0.265 e. The summed E-state index contributed by atoms with van der Waals surface area (Å²) in [5, 5.41) is 9.46. The van der Waals surface area contributed by atoms with E-state index in [4.69, 9.17) is 4.74 Å². The molecule has 0 bridgehead atoms. The Morgan fingerprint density at radius 2 is 1.88 bits per heavy atom. The molecule has 2 heterocycles. The quantitative estimate of drug-likeness (QED) is 0.383. The molecule has 0 saturated carbocycles. The summed E-state index contributed by atoms with van der Waals surface area (Å²) in [5.74, 6) is -0.417. The molecule has 0 aliphatic carbocycles. The van der Waals surface area contributed by atoms with Crippen LogP contribution in [0.5, 0.6) is 5.75 Å². The number of nitrogens with one attached hydrogen (secondary N) is 1. The minimum absolute atomic E-state index is 0.192. The maximum absolute atomic E-state index is 13.7. The van der Waals surface area contributed by atoms with Gasteiger partial charge in [-0.15, -0.1) is 11.3 Å². The van der Waals surface area contributed by atoms with Crippen molar-refractivity contribution < 1.29 is 13.9 Å². The fourth-order valence-corrected chi connectivity index (χ4v) is 4.24. The van der Waals surface area contributed by atoms with Gasteiger partial charge in [-0.25, -0.2) is 4.39 Å². The normalized spacial score (nSPS) is 10.9. The number of aryl methyl sites for hydroxylation is 2. The fraction of sp³-hybridized carbons (Fsp3) is 0.200. The van der Waals surface area contributed by atoms with Crippen LogP contribution in [0.1, 0.15) is 37.7 Å². The SMILES string of the molecule is Cc1ccccc1Cn1nc(C)c(NC(=O)c2cc(COc3ccccc3F)cs2)c1C. The van der Waals surface area contributed by atoms with Crippen molar-refractivity contribution in [3.05, 3.63) is 98.7 Å². The van der Waals surface area contributed by atoms with Gasteiger partial charge >= 0.3 is 0 Å². The Balaban J connectivity index is 1.44. The number of carbonyl (C=O) groups is 1. The average molecular weight is 450 g/mol. The van der Waals surface area contributed by atoms with E-state index in [1.807, 2.05) is 36.0 Å². The number of thiophene rings is 1. The van der Waals surface area contributed by atoms with E-state index >= 15 is 0 Å². The number of aromatic nitrogens is 2. The van der Waals surface area contributed by atoms with E-state index in [1.165, 1.54) is 28.5 Å². The van der Waals surface area contributed by atoms with Crippen molar-refractivity contribution >= 4 is 22.9 Å². The molecule has 0 aliphatic heterocycles. The molecule has 164 valence electrons. The van der Waals surface area contributed by atoms with Crippen LogP contribution in [0, 0.1) is 26.6 Å². The van der Waals surface area contributed by atoms with Gasteiger partial charge in [-0.1, -0.05) is 36.4 Å². The van der Waals surface area contributed by atoms with E-state index in [-0.39, 0.29) is 18.3 Å². The molecule has 0 radical (unpaired) electrons. The highest BCUT2D eigenvalue weighted by atomic mass is 32.1. The zero-order valence-electron chi connectivity index (χ0n) is 18.2. The van der Waals surface area contributed by atoms with Crippen LogP contribution in [0.2, 0.25) is 0 Å². The van der Waals surface area contributed by atoms with Gasteiger partial charge < -0.3 is 10.1 Å². The molecule has 0 fully saturated rings. The van der Waals surface area contributed by atoms with Crippen molar-refractivity contribution in [2.75, 3.05) is 5.32 Å². The molecule has 2 aromatic carbocycles. The molecule has 1 amide bonds. The van der Waals surface area contributed by atoms with Crippen LogP contribution in [-0.4, -0.2) is 15.7 Å². The van der Waals surface area contributed by atoms with Crippen LogP contribution in [0.15, 0.2) is 60.0 Å². The van der Waals surface area contributed by atoms with Gasteiger partial charge in [-0.3, -0.25) is 9.48 Å². The lowest BCUT2D eigenvalue weighted by Gasteiger charge is -2.08. The van der Waals surface area contributed by atoms with Gasteiger partial charge in [0.1, 0.15) is 6.61 Å². The lowest BCUT2D eigenvalue weighted by molar-refractivity contribution is 0.103. The molecule has 4 rings (SSSR count). The van der Waals surface area contributed by atoms with E-state index in [0.29, 0.717) is 11.4 Å². The first-order valence-electron chi connectivity index (χ1n) is 10.3. The zero-order chi connectivity index (χ0) is 22.7. The molecular formula is C25H24FN3O2S. The highest BCUT2D eigenvalue weighted by molar-refractivity contribution is 7.12. The lowest BCUT2D eigenvalue weighted by atomic mass is 10.1. The van der Waals surface area contributed by atoms with Gasteiger partial charge in [0.15, 0.2) is 11.6 Å². The largest absolute Gasteiger partial charge is 0.486 e. The van der Waals surface area contributed by atoms with Crippen LogP contribution in [0.4, 0.5) is 10.1 Å². The minimum atomic E-state index is -0.408. The number of hydrogen-bond acceptors (Lipinski definition) is 4. The predicted octanol–water partition coefficient (Wildman–Crippen LogP) is 5.89. The van der Waals surface area contributed by atoms with E-state index in [9.17, 15) is 9.18 Å². The number of benzene rings is 2. The Morgan fingerprint density at radius 3 is 2.66 bits per heavy atom. The number of halogens is 1. The van der Waals surface area contributed by atoms with Gasteiger partial charge in [0, 0.05) is 5.56 Å². The summed E-state index contributed by atoms with van der Waals surface area (Å²) in [6.07, 6.45) is 0. The molecule has 1 N–H and O–H groups in total. The van der Waals surface area contributed by atoms with Crippen LogP contribution in [0.25, 0.3) is 0 Å². The monoisotopic (exact) mass is 449 g/mol. The summed E-state index contributed by atoms with van der Waals surface area (Å²) >= 11 is 1.33. The molecule has 5 nitrogen and oxygen atoms in total. The number of anilines is 1. The smallest absolute Gasteiger partial charge is 0.265 e. The van der Waals surface area contributed by atoms with Crippen LogP contribution < -0.4 is 10.1 Å². The van der Waals surface area contributed by atoms with Gasteiger partial charge in [-0.2, -0.15) is 5.10 Å². The van der Waals surface area contributed by atoms with Crippen LogP contribution in [-0.2, 0) is 13.2 Å². The van der Waals surface area contributed by atoms with Crippen LogP contribution >= 0.6 is 11.3 Å². The van der Waals surface area contributed by atoms with Gasteiger partial charge in [-0.05, 0) is 55.5 Å². The summed E-state index contributed by atoms with van der Waals surface area (Å²) in [4.78, 5) is 13.4. The van der Waals surface area contributed by atoms with Gasteiger partial charge in [0.2, 0.25) is 0 Å². The number of nitrogens with zero attached hydrogens (tertiary/aromatic N) is 2. The average Bonchev–Trinajstić information content (AvgIpc) is 3.35. The number of amides is 1. The third-order valence-electron chi connectivity index (χ3n) is 5.31. The molecule has 32 heavy (non-hydrogen) atoms. The zero-order valence-corrected chi connectivity index (χ0v) is 19.0. The third kappa shape index (κ3) is 4.73. The van der Waals surface area contributed by atoms with E-state index in [2.05, 4.69) is 29.5 Å². The first kappa shape index (κ1) is 21.8. The van der Waals surface area contributed by atoms with E-state index < -0.39 is 5.82 Å². The Morgan fingerprint density at radius 1 is 1.12 bits per heavy atom. The second-order valence-electron chi connectivity index (χ2n) is 7.62. The van der Waals surface area contributed by atoms with Crippen molar-refractivity contribution in [2.45, 2.75) is 33.9 Å². The molecule has 0 atom stereocenters. The standard InChI is InChI=1S/C25H24FN3O2S/c1-16-8-4-5-9-20(16)13-29-18(3)24(17(2)28-29)27-25(30)23-12-19(15-32-23)14-31-22-11-7-6-10-21(22)26/h4-12,15H,13-14H2,1-3H3,(H,27,30). The van der Waals surface area contributed by atoms with Crippen molar-refractivity contribution in [2.24, 2.45) is 0 Å². The first-order valence-corrected chi connectivity index (χ1v) is 11.1. The summed E-state index contributed by atoms with van der Waals surface area (Å²) in [6, 6.07) is 16.2. The molecule has 0 aliphatic rings. The Hall–Kier alpha value is -3.45. The van der Waals surface area contributed by atoms with Gasteiger partial charge in [0.05, 0.1) is 28.5 Å². The lowest BCUT2D eigenvalue weighted by Crippen LogP contribution is -2.12. The molecule has 7 heteroatoms. The third-order valence-corrected chi connectivity index (χ3v) is 6.29. The van der Waals surface area contributed by atoms with Crippen molar-refractivity contribution in [3.63, 3.8) is 0 Å². The maximum atomic E-state index is 13.7. The number of carbonyl (C=O) groups excluding carboxylic acids is 1. The number of hydrogen-bond donors (Lipinski definition) is 1. The summed E-state index contributed by atoms with van der Waals surface area (Å²) in [7, 11) is 0. The molecule has 0 unspecified atom stereocenters. The Bertz CT molecular complexity index is 1260. The molecular weight excluding hydrogens is 425 g/mol. The molecule has 0 spiro atoms. The van der Waals surface area contributed by atoms with E-state index in [1.54, 1.807) is 24.3 Å². The van der Waals surface area contributed by atoms with Gasteiger partial charge in [0.25, 0.3) is 5.91 Å². The number of rotatable bonds is 7. The highest BCUT2D eigenvalue weighted by Gasteiger charge is 2.17. The van der Waals surface area contributed by atoms with Crippen molar-refractivity contribution in [1.82, 2.24) is 9.78 Å². The topological polar surface area (TPSA) is 56.2 Å². The molecule has 4 aromatic rings. The number of para-hydroxylation sites is 1. The fourth-order valence-electron chi connectivity index (χ4n) is 3.45. The summed E-state index contributed by atoms with van der Waals surface area (Å²) in [6.45, 7) is 6.76. The van der Waals surface area contributed by atoms with E-state index in [0.717, 1.165) is 22.6 Å². The summed E-state index contributed by atoms with van der Waals surface area (Å²) in [5.41, 5.74) is 5.60. The molecule has 2 aromatic heterocycles. The second-order valence-corrected chi connectivity index (χ2v) is 8.53.